The topological polar surface area (TPSA) is 81.0 Å². The zero-order valence-electron chi connectivity index (χ0n) is 19.7. The summed E-state index contributed by atoms with van der Waals surface area (Å²) in [5.41, 5.74) is 2.06. The van der Waals surface area contributed by atoms with E-state index in [0.29, 0.717) is 28.8 Å². The van der Waals surface area contributed by atoms with Gasteiger partial charge in [-0.3, -0.25) is 10.2 Å². The van der Waals surface area contributed by atoms with Crippen molar-refractivity contribution in [2.75, 3.05) is 19.1 Å². The molecule has 2 unspecified atom stereocenters. The molecule has 9 heteroatoms. The van der Waals surface area contributed by atoms with Crippen LogP contribution in [0.1, 0.15) is 37.8 Å². The van der Waals surface area contributed by atoms with E-state index < -0.39 is 6.04 Å². The number of nitrogens with one attached hydrogen (secondary N) is 1. The fourth-order valence-electron chi connectivity index (χ4n) is 4.64. The molecule has 2 aromatic carbocycles. The fourth-order valence-corrected chi connectivity index (χ4v) is 4.64. The first-order chi connectivity index (χ1) is 16.2. The van der Waals surface area contributed by atoms with Crippen LogP contribution in [0, 0.1) is 5.82 Å². The average molecular weight is 464 g/mol. The number of amides is 2. The number of halogens is 1. The van der Waals surface area contributed by atoms with Gasteiger partial charge in [0, 0.05) is 17.2 Å². The molecule has 1 aromatic heterocycles. The van der Waals surface area contributed by atoms with Gasteiger partial charge in [-0.1, -0.05) is 6.07 Å². The number of rotatable bonds is 4. The molecule has 1 N–H and O–H groups in total. The Hall–Kier alpha value is -3.88. The number of hydrogen-bond donors (Lipinski definition) is 1. The van der Waals surface area contributed by atoms with E-state index in [2.05, 4.69) is 31.2 Å². The van der Waals surface area contributed by atoms with Gasteiger partial charge in [0.15, 0.2) is 17.3 Å². The minimum atomic E-state index is -0.471. The maximum atomic E-state index is 13.6. The van der Waals surface area contributed by atoms with Crippen molar-refractivity contribution in [2.24, 2.45) is 4.99 Å². The quantitative estimate of drug-likeness (QED) is 0.615. The number of anilines is 1. The summed E-state index contributed by atoms with van der Waals surface area (Å²) in [6.45, 7) is 6.15. The Balaban J connectivity index is 1.72. The van der Waals surface area contributed by atoms with E-state index in [1.807, 2.05) is 29.1 Å². The van der Waals surface area contributed by atoms with Crippen molar-refractivity contribution in [3.8, 4) is 11.5 Å². The molecule has 2 amide bonds. The molecule has 3 heterocycles. The van der Waals surface area contributed by atoms with Gasteiger partial charge in [-0.2, -0.15) is 5.10 Å². The molecule has 2 atom stereocenters. The van der Waals surface area contributed by atoms with E-state index in [-0.39, 0.29) is 23.3 Å². The minimum absolute atomic E-state index is 0.303. The van der Waals surface area contributed by atoms with E-state index >= 15 is 0 Å². The maximum absolute atomic E-state index is 13.6. The standard InChI is InChI=1S/C25H26FN5O3/c1-25(2,3)31-23-17(13-27-31)20(14-6-11-18(33-4)19(12-14)34-5)21-22(28-23)29-24(32)30(21)16-9-7-15(26)8-10-16/h6-13,20-21H,1-5H3,(H,28,29,32). The first-order valence-corrected chi connectivity index (χ1v) is 11.0. The summed E-state index contributed by atoms with van der Waals surface area (Å²) in [7, 11) is 3.17. The van der Waals surface area contributed by atoms with Gasteiger partial charge in [-0.15, -0.1) is 0 Å². The number of fused-ring (bicyclic) bond motifs is 2. The number of methoxy groups -OCH3 is 2. The van der Waals surface area contributed by atoms with Crippen molar-refractivity contribution in [1.82, 2.24) is 15.1 Å². The monoisotopic (exact) mass is 463 g/mol. The lowest BCUT2D eigenvalue weighted by Crippen LogP contribution is -2.42. The van der Waals surface area contributed by atoms with Gasteiger partial charge in [0.1, 0.15) is 17.7 Å². The predicted octanol–water partition coefficient (Wildman–Crippen LogP) is 4.57. The molecule has 2 aliphatic rings. The van der Waals surface area contributed by atoms with Gasteiger partial charge in [-0.25, -0.2) is 18.9 Å². The van der Waals surface area contributed by atoms with Crippen LogP contribution in [0.25, 0.3) is 0 Å². The molecule has 8 nitrogen and oxygen atoms in total. The van der Waals surface area contributed by atoms with Crippen LogP contribution in [-0.4, -0.2) is 41.9 Å². The molecule has 2 aliphatic heterocycles. The van der Waals surface area contributed by atoms with Gasteiger partial charge < -0.3 is 9.47 Å². The maximum Gasteiger partial charge on any atom is 0.328 e. The van der Waals surface area contributed by atoms with Crippen LogP contribution in [0.15, 0.2) is 53.7 Å². The number of carbonyl (C=O) groups excluding carboxylic acids is 1. The second-order valence-electron chi connectivity index (χ2n) is 9.32. The Morgan fingerprint density at radius 3 is 2.38 bits per heavy atom. The lowest BCUT2D eigenvalue weighted by molar-refractivity contribution is 0.252. The largest absolute Gasteiger partial charge is 0.493 e. The van der Waals surface area contributed by atoms with Gasteiger partial charge in [0.25, 0.3) is 0 Å². The normalized spacial score (nSPS) is 19.3. The minimum Gasteiger partial charge on any atom is -0.493 e. The zero-order chi connectivity index (χ0) is 24.2. The van der Waals surface area contributed by atoms with Crippen LogP contribution in [0.2, 0.25) is 0 Å². The molecule has 176 valence electrons. The van der Waals surface area contributed by atoms with Crippen LogP contribution < -0.4 is 19.7 Å². The number of amidine groups is 1. The predicted molar refractivity (Wildman–Crippen MR) is 127 cm³/mol. The summed E-state index contributed by atoms with van der Waals surface area (Å²) in [6, 6.07) is 10.8. The molecule has 1 fully saturated rings. The highest BCUT2D eigenvalue weighted by Gasteiger charge is 2.48. The highest BCUT2D eigenvalue weighted by Crippen LogP contribution is 2.46. The molecule has 0 aliphatic carbocycles. The zero-order valence-corrected chi connectivity index (χ0v) is 19.7. The molecule has 0 radical (unpaired) electrons. The molecule has 1 saturated heterocycles. The Bertz CT molecular complexity index is 1290. The van der Waals surface area contributed by atoms with Gasteiger partial charge >= 0.3 is 6.03 Å². The molecule has 5 rings (SSSR count). The number of ether oxygens (including phenoxy) is 2. The lowest BCUT2D eigenvalue weighted by Gasteiger charge is -2.34. The molecule has 0 bridgehead atoms. The smallest absolute Gasteiger partial charge is 0.328 e. The molecule has 0 saturated carbocycles. The van der Waals surface area contributed by atoms with Gasteiger partial charge in [0.05, 0.1) is 26.0 Å². The average Bonchev–Trinajstić information content (AvgIpc) is 3.38. The molecule has 34 heavy (non-hydrogen) atoms. The summed E-state index contributed by atoms with van der Waals surface area (Å²) in [6.07, 6.45) is 1.81. The Labute approximate surface area is 197 Å². The number of urea groups is 1. The number of benzene rings is 2. The van der Waals surface area contributed by atoms with E-state index in [1.165, 1.54) is 12.1 Å². The third-order valence-corrected chi connectivity index (χ3v) is 6.17. The van der Waals surface area contributed by atoms with Crippen molar-refractivity contribution in [1.29, 1.82) is 0 Å². The van der Waals surface area contributed by atoms with E-state index in [0.717, 1.165) is 11.1 Å². The van der Waals surface area contributed by atoms with E-state index in [1.54, 1.807) is 31.3 Å². The van der Waals surface area contributed by atoms with Gasteiger partial charge in [-0.05, 0) is 62.7 Å². The summed E-state index contributed by atoms with van der Waals surface area (Å²) in [5, 5.41) is 7.58. The van der Waals surface area contributed by atoms with Gasteiger partial charge in [0.2, 0.25) is 0 Å². The van der Waals surface area contributed by atoms with E-state index in [4.69, 9.17) is 14.5 Å². The third kappa shape index (κ3) is 3.39. The van der Waals surface area contributed by atoms with Crippen LogP contribution >= 0.6 is 0 Å². The highest BCUT2D eigenvalue weighted by atomic mass is 19.1. The van der Waals surface area contributed by atoms with Crippen molar-refractivity contribution >= 4 is 23.4 Å². The third-order valence-electron chi connectivity index (χ3n) is 6.17. The van der Waals surface area contributed by atoms with Crippen LogP contribution in [-0.2, 0) is 5.54 Å². The van der Waals surface area contributed by atoms with Crippen LogP contribution in [0.5, 0.6) is 11.5 Å². The van der Waals surface area contributed by atoms with Crippen LogP contribution in [0.4, 0.5) is 20.7 Å². The SMILES string of the molecule is COc1ccc(C2c3cnn(C(C)(C)C)c3N=C3NC(=O)N(c4ccc(F)cc4)C32)cc1OC. The lowest BCUT2D eigenvalue weighted by atomic mass is 9.83. The first kappa shape index (κ1) is 21.9. The summed E-state index contributed by atoms with van der Waals surface area (Å²) in [5.74, 6) is 1.73. The summed E-state index contributed by atoms with van der Waals surface area (Å²) >= 11 is 0. The van der Waals surface area contributed by atoms with E-state index in [9.17, 15) is 9.18 Å². The van der Waals surface area contributed by atoms with Crippen LogP contribution in [0.3, 0.4) is 0 Å². The Morgan fingerprint density at radius 2 is 1.74 bits per heavy atom. The number of hydrogen-bond acceptors (Lipinski definition) is 5. The Kier molecular flexibility index (Phi) is 5.07. The highest BCUT2D eigenvalue weighted by molar-refractivity contribution is 6.18. The number of nitrogens with zero attached hydrogens (tertiary/aromatic N) is 4. The molecule has 0 spiro atoms. The first-order valence-electron chi connectivity index (χ1n) is 11.0. The number of carbonyl (C=O) groups is 1. The Morgan fingerprint density at radius 1 is 1.03 bits per heavy atom. The van der Waals surface area contributed by atoms with Crippen molar-refractivity contribution in [2.45, 2.75) is 38.3 Å². The molecular formula is C25H26FN5O3. The van der Waals surface area contributed by atoms with Crippen molar-refractivity contribution in [3.05, 3.63) is 65.6 Å². The fraction of sp³-hybridized carbons (Fsp3) is 0.320. The van der Waals surface area contributed by atoms with Crippen molar-refractivity contribution in [3.63, 3.8) is 0 Å². The van der Waals surface area contributed by atoms with Crippen molar-refractivity contribution < 1.29 is 18.7 Å². The summed E-state index contributed by atoms with van der Waals surface area (Å²) in [4.78, 5) is 19.6. The second kappa shape index (κ2) is 7.86. The summed E-state index contributed by atoms with van der Waals surface area (Å²) < 4.78 is 26.5. The molecular weight excluding hydrogens is 437 g/mol. The molecule has 3 aromatic rings. The number of aliphatic imine (C=N–C) groups is 1. The second-order valence-corrected chi connectivity index (χ2v) is 9.32. The number of aromatic nitrogens is 2.